The van der Waals surface area contributed by atoms with Gasteiger partial charge in [0.1, 0.15) is 18.7 Å². The van der Waals surface area contributed by atoms with Gasteiger partial charge in [-0.3, -0.25) is 39.0 Å². The summed E-state index contributed by atoms with van der Waals surface area (Å²) < 4.78 is 6.15. The highest BCUT2D eigenvalue weighted by atomic mass is 16.5. The molecule has 7 N–H and O–H groups in total. The van der Waals surface area contributed by atoms with E-state index in [0.717, 1.165) is 36.5 Å². The van der Waals surface area contributed by atoms with Crippen LogP contribution < -0.4 is 10.6 Å². The number of rotatable bonds is 23. The Morgan fingerprint density at radius 1 is 0.745 bits per heavy atom. The van der Waals surface area contributed by atoms with Crippen LogP contribution in [-0.4, -0.2) is 117 Å². The molecule has 0 saturated heterocycles. The molecule has 4 aliphatic carbocycles. The van der Waals surface area contributed by atoms with Crippen molar-refractivity contribution in [3.05, 3.63) is 0 Å². The summed E-state index contributed by atoms with van der Waals surface area (Å²) in [6.07, 6.45) is 12.1. The monoisotopic (exact) mass is 779 g/mol. The first-order valence-electron chi connectivity index (χ1n) is 20.4. The van der Waals surface area contributed by atoms with Gasteiger partial charge in [0.2, 0.25) is 5.91 Å². The minimum absolute atomic E-state index is 0.0325. The molecule has 0 spiro atoms. The van der Waals surface area contributed by atoms with Gasteiger partial charge in [0.05, 0.1) is 19.2 Å². The van der Waals surface area contributed by atoms with Crippen molar-refractivity contribution in [2.75, 3.05) is 32.8 Å². The van der Waals surface area contributed by atoms with E-state index in [0.29, 0.717) is 54.4 Å². The van der Waals surface area contributed by atoms with E-state index >= 15 is 0 Å². The Hall–Kier alpha value is -3.30. The molecule has 1 amide bonds. The van der Waals surface area contributed by atoms with Crippen molar-refractivity contribution >= 4 is 35.8 Å². The molecule has 0 aromatic carbocycles. The second-order valence-corrected chi connectivity index (χ2v) is 17.6. The number of ether oxygens (including phenoxy) is 1. The second kappa shape index (κ2) is 19.7. The molecule has 15 heteroatoms. The van der Waals surface area contributed by atoms with Crippen molar-refractivity contribution in [3.8, 4) is 0 Å². The fourth-order valence-electron chi connectivity index (χ4n) is 11.6. The van der Waals surface area contributed by atoms with Gasteiger partial charge in [0.15, 0.2) is 0 Å². The van der Waals surface area contributed by atoms with Gasteiger partial charge in [-0.2, -0.15) is 0 Å². The lowest BCUT2D eigenvalue weighted by Gasteiger charge is -2.61. The number of hydrogen-bond donors (Lipinski definition) is 7. The summed E-state index contributed by atoms with van der Waals surface area (Å²) >= 11 is 0. The van der Waals surface area contributed by atoms with E-state index in [-0.39, 0.29) is 49.8 Å². The number of amides is 1. The number of hydrogen-bond acceptors (Lipinski definition) is 9. The number of aliphatic carboxylic acids is 5. The van der Waals surface area contributed by atoms with Crippen molar-refractivity contribution in [1.29, 1.82) is 0 Å². The van der Waals surface area contributed by atoms with Crippen LogP contribution in [0.2, 0.25) is 0 Å². The highest BCUT2D eigenvalue weighted by molar-refractivity contribution is 5.78. The van der Waals surface area contributed by atoms with Gasteiger partial charge in [-0.15, -0.1) is 0 Å². The molecule has 0 radical (unpaired) electrons. The van der Waals surface area contributed by atoms with E-state index in [9.17, 15) is 44.1 Å². The van der Waals surface area contributed by atoms with Crippen LogP contribution in [0, 0.1) is 46.3 Å². The molecular formula is C40H65N3O12. The predicted molar refractivity (Wildman–Crippen MR) is 200 cm³/mol. The van der Waals surface area contributed by atoms with E-state index < -0.39 is 55.0 Å². The van der Waals surface area contributed by atoms with Crippen LogP contribution in [0.4, 0.5) is 0 Å². The molecule has 2 unspecified atom stereocenters. The lowest BCUT2D eigenvalue weighted by molar-refractivity contribution is -0.145. The summed E-state index contributed by atoms with van der Waals surface area (Å²) in [5.74, 6) is -2.30. The lowest BCUT2D eigenvalue weighted by Crippen LogP contribution is -2.54. The van der Waals surface area contributed by atoms with Crippen molar-refractivity contribution in [2.45, 2.75) is 135 Å². The van der Waals surface area contributed by atoms with Crippen molar-refractivity contribution < 1.29 is 59.0 Å². The maximum absolute atomic E-state index is 12.7. The van der Waals surface area contributed by atoms with Gasteiger partial charge in [0, 0.05) is 19.5 Å². The SMILES string of the molecule is C[C@H](CCC(=O)O)[C@H]1CC[C@H]2[C@@H]3CC[C@@H]4C[C@@H](OCC(=O)NCCCCC(NC(CCN(CC(=O)O)CC(=O)O)C(=O)O)C(=O)O)CC[C@]4(C)[C@H]3CC[C@]12C. The zero-order valence-electron chi connectivity index (χ0n) is 32.9. The molecule has 0 aromatic rings. The molecule has 312 valence electrons. The third kappa shape index (κ3) is 11.6. The van der Waals surface area contributed by atoms with Gasteiger partial charge in [-0.25, -0.2) is 0 Å². The van der Waals surface area contributed by atoms with Gasteiger partial charge >= 0.3 is 29.8 Å². The molecular weight excluding hydrogens is 714 g/mol. The highest BCUT2D eigenvalue weighted by Gasteiger charge is 2.60. The first kappa shape index (κ1) is 44.4. The Morgan fingerprint density at radius 2 is 1.38 bits per heavy atom. The molecule has 0 aromatic heterocycles. The van der Waals surface area contributed by atoms with Crippen LogP contribution in [-0.2, 0) is 33.5 Å². The van der Waals surface area contributed by atoms with Gasteiger partial charge in [-0.1, -0.05) is 20.8 Å². The normalized spacial score (nSPS) is 31.6. The zero-order chi connectivity index (χ0) is 40.5. The number of nitrogens with zero attached hydrogens (tertiary/aromatic N) is 1. The number of carbonyl (C=O) groups excluding carboxylic acids is 1. The zero-order valence-corrected chi connectivity index (χ0v) is 32.9. The molecule has 55 heavy (non-hydrogen) atoms. The number of carboxylic acid groups (broad SMARTS) is 5. The third-order valence-corrected chi connectivity index (χ3v) is 14.3. The fourth-order valence-corrected chi connectivity index (χ4v) is 11.6. The Morgan fingerprint density at radius 3 is 2.02 bits per heavy atom. The number of fused-ring (bicyclic) bond motifs is 5. The smallest absolute Gasteiger partial charge is 0.320 e. The molecule has 11 atom stereocenters. The maximum Gasteiger partial charge on any atom is 0.320 e. The minimum Gasteiger partial charge on any atom is -0.481 e. The molecule has 15 nitrogen and oxygen atoms in total. The summed E-state index contributed by atoms with van der Waals surface area (Å²) in [6, 6.07) is -2.53. The van der Waals surface area contributed by atoms with Crippen molar-refractivity contribution in [1.82, 2.24) is 15.5 Å². The number of nitrogens with one attached hydrogen (secondary N) is 2. The summed E-state index contributed by atoms with van der Waals surface area (Å²) in [7, 11) is 0. The minimum atomic E-state index is -1.33. The van der Waals surface area contributed by atoms with E-state index in [2.05, 4.69) is 31.4 Å². The predicted octanol–water partition coefficient (Wildman–Crippen LogP) is 4.18. The molecule has 0 heterocycles. The Balaban J connectivity index is 1.16. The standard InChI is InChI=1S/C40H65N3O12/c1-24(7-12-34(45)46)28-10-11-29-27-9-8-25-20-26(13-16-39(25,2)30(27)14-17-40(28,29)3)55-23-33(44)41-18-5-4-6-31(37(51)52)42-32(38(53)54)15-19-43(21-35(47)48)22-36(49)50/h24-32,42H,4-23H2,1-3H3,(H,41,44)(H,45,46)(H,47,48)(H,49,50)(H,51,52)(H,53,54)/t24-,25-,26+,27+,28-,29+,30+,31?,32?,39+,40-/m1/s1. The van der Waals surface area contributed by atoms with Crippen LogP contribution in [0.5, 0.6) is 0 Å². The topological polar surface area (TPSA) is 240 Å². The third-order valence-electron chi connectivity index (χ3n) is 14.3. The summed E-state index contributed by atoms with van der Waals surface area (Å²) in [5, 5.41) is 52.0. The highest BCUT2D eigenvalue weighted by Crippen LogP contribution is 2.68. The van der Waals surface area contributed by atoms with Crippen LogP contribution >= 0.6 is 0 Å². The number of carbonyl (C=O) groups is 6. The Labute approximate surface area is 324 Å². The van der Waals surface area contributed by atoms with Gasteiger partial charge in [-0.05, 0) is 136 Å². The van der Waals surface area contributed by atoms with Gasteiger partial charge in [0.25, 0.3) is 0 Å². The van der Waals surface area contributed by atoms with E-state index in [1.165, 1.54) is 38.5 Å². The molecule has 4 aliphatic rings. The molecule has 4 rings (SSSR count). The average Bonchev–Trinajstić information content (AvgIpc) is 3.46. The van der Waals surface area contributed by atoms with E-state index in [1.54, 1.807) is 0 Å². The van der Waals surface area contributed by atoms with Crippen LogP contribution in [0.3, 0.4) is 0 Å². The van der Waals surface area contributed by atoms with E-state index in [4.69, 9.17) is 14.9 Å². The van der Waals surface area contributed by atoms with Crippen molar-refractivity contribution in [3.63, 3.8) is 0 Å². The van der Waals surface area contributed by atoms with Crippen LogP contribution in [0.15, 0.2) is 0 Å². The molecule has 4 fully saturated rings. The Kier molecular flexibility index (Phi) is 15.9. The second-order valence-electron chi connectivity index (χ2n) is 17.6. The first-order valence-corrected chi connectivity index (χ1v) is 20.4. The lowest BCUT2D eigenvalue weighted by atomic mass is 9.44. The summed E-state index contributed by atoms with van der Waals surface area (Å²) in [6.45, 7) is 6.18. The number of carboxylic acids is 5. The van der Waals surface area contributed by atoms with E-state index in [1.807, 2.05) is 0 Å². The summed E-state index contributed by atoms with van der Waals surface area (Å²) in [5.41, 5.74) is 0.572. The Bertz CT molecular complexity index is 1360. The molecule has 0 bridgehead atoms. The van der Waals surface area contributed by atoms with Crippen LogP contribution in [0.25, 0.3) is 0 Å². The molecule has 4 saturated carbocycles. The van der Waals surface area contributed by atoms with Crippen LogP contribution in [0.1, 0.15) is 117 Å². The average molecular weight is 780 g/mol. The maximum atomic E-state index is 12.7. The van der Waals surface area contributed by atoms with Crippen molar-refractivity contribution in [2.24, 2.45) is 46.3 Å². The first-order chi connectivity index (χ1) is 25.9. The quantitative estimate of drug-likeness (QED) is 0.0721. The summed E-state index contributed by atoms with van der Waals surface area (Å²) in [4.78, 5) is 70.8. The largest absolute Gasteiger partial charge is 0.481 e. The number of unbranched alkanes of at least 4 members (excludes halogenated alkanes) is 1. The van der Waals surface area contributed by atoms with Gasteiger partial charge < -0.3 is 35.6 Å². The fraction of sp³-hybridized carbons (Fsp3) is 0.850. The molecule has 0 aliphatic heterocycles.